The number of benzene rings is 2. The number of rotatable bonds is 4. The Morgan fingerprint density at radius 3 is 2.62 bits per heavy atom. The molecule has 0 fully saturated rings. The minimum Gasteiger partial charge on any atom is -0.506 e. The van der Waals surface area contributed by atoms with Crippen LogP contribution in [0.3, 0.4) is 0 Å². The fourth-order valence-electron chi connectivity index (χ4n) is 2.17. The van der Waals surface area contributed by atoms with Gasteiger partial charge in [0.05, 0.1) is 12.1 Å². The Morgan fingerprint density at radius 1 is 1.19 bits per heavy atom. The van der Waals surface area contributed by atoms with E-state index in [1.165, 1.54) is 11.9 Å². The summed E-state index contributed by atoms with van der Waals surface area (Å²) < 4.78 is 0. The number of phenols is 1. The molecule has 0 saturated carbocycles. The summed E-state index contributed by atoms with van der Waals surface area (Å²) >= 11 is 0. The first kappa shape index (κ1) is 14.8. The van der Waals surface area contributed by atoms with Crippen LogP contribution in [-0.4, -0.2) is 42.0 Å². The van der Waals surface area contributed by atoms with Crippen molar-refractivity contribution in [2.75, 3.05) is 20.1 Å². The molecular weight excluding hydrogens is 268 g/mol. The summed E-state index contributed by atoms with van der Waals surface area (Å²) in [6.07, 6.45) is 0. The number of hydrogen-bond acceptors (Lipinski definition) is 3. The van der Waals surface area contributed by atoms with Gasteiger partial charge in [-0.3, -0.25) is 9.59 Å². The first-order chi connectivity index (χ1) is 10.0. The number of phenolic OH excluding ortho intramolecular Hbond substituents is 1. The molecule has 2 N–H and O–H groups in total. The van der Waals surface area contributed by atoms with E-state index in [9.17, 15) is 14.7 Å². The highest BCUT2D eigenvalue weighted by molar-refractivity contribution is 6.04. The van der Waals surface area contributed by atoms with Gasteiger partial charge in [-0.05, 0) is 18.4 Å². The molecule has 0 spiro atoms. The smallest absolute Gasteiger partial charge is 0.257 e. The van der Waals surface area contributed by atoms with Crippen LogP contribution in [0.1, 0.15) is 17.3 Å². The second-order valence-electron chi connectivity index (χ2n) is 4.80. The lowest BCUT2D eigenvalue weighted by Crippen LogP contribution is -2.38. The van der Waals surface area contributed by atoms with Crippen LogP contribution in [0.2, 0.25) is 0 Å². The average molecular weight is 286 g/mol. The van der Waals surface area contributed by atoms with Gasteiger partial charge in [-0.1, -0.05) is 30.3 Å². The number of hydrogen-bond donors (Lipinski definition) is 2. The summed E-state index contributed by atoms with van der Waals surface area (Å²) in [7, 11) is 1.53. The predicted molar refractivity (Wildman–Crippen MR) is 81.3 cm³/mol. The lowest BCUT2D eigenvalue weighted by molar-refractivity contribution is -0.121. The van der Waals surface area contributed by atoms with Gasteiger partial charge in [-0.25, -0.2) is 0 Å². The topological polar surface area (TPSA) is 69.6 Å². The van der Waals surface area contributed by atoms with Crippen molar-refractivity contribution in [1.82, 2.24) is 10.2 Å². The molecule has 110 valence electrons. The van der Waals surface area contributed by atoms with Crippen LogP contribution in [0.15, 0.2) is 36.4 Å². The fourth-order valence-corrected chi connectivity index (χ4v) is 2.17. The van der Waals surface area contributed by atoms with Crippen LogP contribution in [0.4, 0.5) is 0 Å². The Labute approximate surface area is 123 Å². The summed E-state index contributed by atoms with van der Waals surface area (Å²) in [4.78, 5) is 25.1. The molecule has 0 aromatic heterocycles. The second kappa shape index (κ2) is 6.26. The molecule has 5 nitrogen and oxygen atoms in total. The molecule has 2 rings (SSSR count). The van der Waals surface area contributed by atoms with E-state index in [-0.39, 0.29) is 29.7 Å². The maximum Gasteiger partial charge on any atom is 0.257 e. The maximum atomic E-state index is 12.3. The third-order valence-corrected chi connectivity index (χ3v) is 3.23. The molecule has 2 aromatic rings. The number of nitrogens with one attached hydrogen (secondary N) is 1. The molecule has 5 heteroatoms. The first-order valence-electron chi connectivity index (χ1n) is 6.77. The Balaban J connectivity index is 2.27. The van der Waals surface area contributed by atoms with E-state index >= 15 is 0 Å². The van der Waals surface area contributed by atoms with Crippen LogP contribution >= 0.6 is 0 Å². The van der Waals surface area contributed by atoms with Crippen molar-refractivity contribution in [3.8, 4) is 5.75 Å². The van der Waals surface area contributed by atoms with Crippen molar-refractivity contribution in [3.05, 3.63) is 42.0 Å². The standard InChI is InChI=1S/C16H18N2O3/c1-3-17-14(19)10-18(2)16(21)13-9-8-11-6-4-5-7-12(11)15(13)20/h4-9,20H,3,10H2,1-2H3,(H,17,19). The van der Waals surface area contributed by atoms with Crippen LogP contribution in [-0.2, 0) is 4.79 Å². The van der Waals surface area contributed by atoms with Gasteiger partial charge < -0.3 is 15.3 Å². The van der Waals surface area contributed by atoms with Crippen LogP contribution < -0.4 is 5.32 Å². The zero-order valence-electron chi connectivity index (χ0n) is 12.1. The number of nitrogens with zero attached hydrogens (tertiary/aromatic N) is 1. The Morgan fingerprint density at radius 2 is 1.90 bits per heavy atom. The van der Waals surface area contributed by atoms with Crippen molar-refractivity contribution in [2.24, 2.45) is 0 Å². The van der Waals surface area contributed by atoms with Crippen molar-refractivity contribution in [1.29, 1.82) is 0 Å². The molecule has 0 aliphatic carbocycles. The van der Waals surface area contributed by atoms with E-state index < -0.39 is 0 Å². The van der Waals surface area contributed by atoms with Gasteiger partial charge in [0.2, 0.25) is 5.91 Å². The zero-order valence-corrected chi connectivity index (χ0v) is 12.1. The van der Waals surface area contributed by atoms with Crippen molar-refractivity contribution < 1.29 is 14.7 Å². The molecule has 0 atom stereocenters. The van der Waals surface area contributed by atoms with Crippen molar-refractivity contribution in [3.63, 3.8) is 0 Å². The van der Waals surface area contributed by atoms with Gasteiger partial charge in [0.1, 0.15) is 5.75 Å². The minimum absolute atomic E-state index is 0.0427. The molecule has 21 heavy (non-hydrogen) atoms. The second-order valence-corrected chi connectivity index (χ2v) is 4.80. The first-order valence-corrected chi connectivity index (χ1v) is 6.77. The molecule has 0 saturated heterocycles. The highest BCUT2D eigenvalue weighted by Crippen LogP contribution is 2.29. The summed E-state index contributed by atoms with van der Waals surface area (Å²) in [6, 6.07) is 10.6. The quantitative estimate of drug-likeness (QED) is 0.899. The number of likely N-dealkylation sites (N-methyl/N-ethyl adjacent to an activating group) is 2. The number of fused-ring (bicyclic) bond motifs is 1. The van der Waals surface area contributed by atoms with E-state index in [1.807, 2.05) is 19.1 Å². The summed E-state index contributed by atoms with van der Waals surface area (Å²) in [6.45, 7) is 2.29. The number of carbonyl (C=O) groups excluding carboxylic acids is 2. The lowest BCUT2D eigenvalue weighted by Gasteiger charge is -2.17. The van der Waals surface area contributed by atoms with E-state index in [4.69, 9.17) is 0 Å². The predicted octanol–water partition coefficient (Wildman–Crippen LogP) is 1.75. The summed E-state index contributed by atoms with van der Waals surface area (Å²) in [5.41, 5.74) is 0.195. The Hall–Kier alpha value is -2.56. The van der Waals surface area contributed by atoms with Crippen molar-refractivity contribution >= 4 is 22.6 Å². The van der Waals surface area contributed by atoms with Gasteiger partial charge in [-0.2, -0.15) is 0 Å². The average Bonchev–Trinajstić information content (AvgIpc) is 2.47. The molecule has 0 bridgehead atoms. The van der Waals surface area contributed by atoms with Crippen LogP contribution in [0, 0.1) is 0 Å². The van der Waals surface area contributed by atoms with Crippen LogP contribution in [0.25, 0.3) is 10.8 Å². The molecule has 0 aliphatic heterocycles. The third kappa shape index (κ3) is 3.13. The van der Waals surface area contributed by atoms with Gasteiger partial charge in [0.25, 0.3) is 5.91 Å². The number of amides is 2. The normalized spacial score (nSPS) is 10.4. The SMILES string of the molecule is CCNC(=O)CN(C)C(=O)c1ccc2ccccc2c1O. The summed E-state index contributed by atoms with van der Waals surface area (Å²) in [5, 5.41) is 14.4. The molecule has 0 aliphatic rings. The molecule has 2 amide bonds. The largest absolute Gasteiger partial charge is 0.506 e. The van der Waals surface area contributed by atoms with Crippen LogP contribution in [0.5, 0.6) is 5.75 Å². The number of aromatic hydroxyl groups is 1. The molecule has 0 radical (unpaired) electrons. The van der Waals surface area contributed by atoms with E-state index in [0.717, 1.165) is 5.39 Å². The molecule has 0 heterocycles. The number of carbonyl (C=O) groups is 2. The van der Waals surface area contributed by atoms with Gasteiger partial charge >= 0.3 is 0 Å². The van der Waals surface area contributed by atoms with Gasteiger partial charge in [0, 0.05) is 19.0 Å². The lowest BCUT2D eigenvalue weighted by atomic mass is 10.0. The molecule has 2 aromatic carbocycles. The van der Waals surface area contributed by atoms with E-state index in [2.05, 4.69) is 5.32 Å². The zero-order chi connectivity index (χ0) is 15.4. The maximum absolute atomic E-state index is 12.3. The fraction of sp³-hybridized carbons (Fsp3) is 0.250. The van der Waals surface area contributed by atoms with E-state index in [0.29, 0.717) is 11.9 Å². The van der Waals surface area contributed by atoms with Gasteiger partial charge in [-0.15, -0.1) is 0 Å². The molecular formula is C16H18N2O3. The highest BCUT2D eigenvalue weighted by atomic mass is 16.3. The third-order valence-electron chi connectivity index (χ3n) is 3.23. The van der Waals surface area contributed by atoms with E-state index in [1.54, 1.807) is 24.3 Å². The Kier molecular flexibility index (Phi) is 4.42. The van der Waals surface area contributed by atoms with Crippen molar-refractivity contribution in [2.45, 2.75) is 6.92 Å². The summed E-state index contributed by atoms with van der Waals surface area (Å²) in [5.74, 6) is -0.668. The monoisotopic (exact) mass is 286 g/mol. The molecule has 0 unspecified atom stereocenters. The Bertz CT molecular complexity index is 682. The highest BCUT2D eigenvalue weighted by Gasteiger charge is 2.19. The van der Waals surface area contributed by atoms with Gasteiger partial charge in [0.15, 0.2) is 0 Å². The minimum atomic E-state index is -0.385.